The largest absolute Gasteiger partial charge is 0.321 e. The van der Waals surface area contributed by atoms with Crippen molar-refractivity contribution in [3.63, 3.8) is 0 Å². The van der Waals surface area contributed by atoms with Gasteiger partial charge in [-0.25, -0.2) is 13.4 Å². The summed E-state index contributed by atoms with van der Waals surface area (Å²) in [4.78, 5) is 16.8. The van der Waals surface area contributed by atoms with Gasteiger partial charge < -0.3 is 5.32 Å². The van der Waals surface area contributed by atoms with Crippen molar-refractivity contribution < 1.29 is 13.2 Å². The molecule has 0 fully saturated rings. The molecule has 1 amide bonds. The van der Waals surface area contributed by atoms with Gasteiger partial charge in [0.15, 0.2) is 9.84 Å². The Kier molecular flexibility index (Phi) is 4.69. The van der Waals surface area contributed by atoms with Crippen LogP contribution in [0.1, 0.15) is 17.4 Å². The predicted molar refractivity (Wildman–Crippen MR) is 96.4 cm³/mol. The van der Waals surface area contributed by atoms with Gasteiger partial charge >= 0.3 is 0 Å². The first kappa shape index (κ1) is 17.3. The summed E-state index contributed by atoms with van der Waals surface area (Å²) < 4.78 is 25.3. The van der Waals surface area contributed by atoms with Crippen LogP contribution in [0.3, 0.4) is 0 Å². The second-order valence-corrected chi connectivity index (χ2v) is 8.46. The van der Waals surface area contributed by atoms with E-state index in [0.717, 1.165) is 5.56 Å². The molecule has 25 heavy (non-hydrogen) atoms. The highest BCUT2D eigenvalue weighted by Gasteiger charge is 2.14. The molecule has 0 saturated carbocycles. The fourth-order valence-electron chi connectivity index (χ4n) is 2.15. The molecule has 0 spiro atoms. The zero-order valence-corrected chi connectivity index (χ0v) is 15.3. The number of amides is 1. The Labute approximate surface area is 149 Å². The Morgan fingerprint density at radius 1 is 1.28 bits per heavy atom. The first-order valence-electron chi connectivity index (χ1n) is 7.48. The van der Waals surface area contributed by atoms with E-state index in [1.165, 1.54) is 23.5 Å². The van der Waals surface area contributed by atoms with Gasteiger partial charge in [0.1, 0.15) is 10.7 Å². The second-order valence-electron chi connectivity index (χ2n) is 5.32. The smallest absolute Gasteiger partial charge is 0.275 e. The van der Waals surface area contributed by atoms with Crippen LogP contribution in [0, 0.1) is 0 Å². The van der Waals surface area contributed by atoms with E-state index in [-0.39, 0.29) is 16.6 Å². The number of benzene rings is 1. The average Bonchev–Trinajstić information content (AvgIpc) is 3.24. The molecule has 0 atom stereocenters. The Morgan fingerprint density at radius 3 is 2.60 bits per heavy atom. The highest BCUT2D eigenvalue weighted by Crippen LogP contribution is 2.23. The van der Waals surface area contributed by atoms with Gasteiger partial charge in [-0.05, 0) is 24.3 Å². The molecule has 3 aromatic rings. The minimum atomic E-state index is -3.25. The summed E-state index contributed by atoms with van der Waals surface area (Å²) in [6, 6.07) is 6.09. The van der Waals surface area contributed by atoms with E-state index in [0.29, 0.717) is 16.4 Å². The van der Waals surface area contributed by atoms with Gasteiger partial charge in [0.25, 0.3) is 5.91 Å². The van der Waals surface area contributed by atoms with E-state index in [2.05, 4.69) is 15.4 Å². The lowest BCUT2D eigenvalue weighted by molar-refractivity contribution is 0.102. The van der Waals surface area contributed by atoms with Gasteiger partial charge in [-0.15, -0.1) is 11.3 Å². The Balaban J connectivity index is 1.73. The summed E-state index contributed by atoms with van der Waals surface area (Å²) >= 11 is 1.36. The van der Waals surface area contributed by atoms with Crippen LogP contribution in [-0.2, 0) is 16.9 Å². The molecule has 0 aliphatic carbocycles. The zero-order chi connectivity index (χ0) is 18.0. The Bertz CT molecular complexity index is 1000. The molecule has 2 heterocycles. The number of aryl methyl sites for hydroxylation is 1. The lowest BCUT2D eigenvalue weighted by Gasteiger charge is -2.05. The zero-order valence-electron chi connectivity index (χ0n) is 13.6. The van der Waals surface area contributed by atoms with Gasteiger partial charge in [-0.3, -0.25) is 9.48 Å². The summed E-state index contributed by atoms with van der Waals surface area (Å²) in [6.07, 6.45) is 3.51. The number of nitrogens with one attached hydrogen (secondary N) is 1. The number of hydrogen-bond donors (Lipinski definition) is 1. The van der Waals surface area contributed by atoms with E-state index in [1.807, 2.05) is 13.2 Å². The number of hydrogen-bond acceptors (Lipinski definition) is 6. The number of sulfone groups is 1. The van der Waals surface area contributed by atoms with Crippen molar-refractivity contribution in [2.75, 3.05) is 11.1 Å². The molecular weight excluding hydrogens is 360 g/mol. The minimum absolute atomic E-state index is 0.0364. The van der Waals surface area contributed by atoms with Crippen LogP contribution >= 0.6 is 11.3 Å². The van der Waals surface area contributed by atoms with Crippen molar-refractivity contribution >= 4 is 32.8 Å². The van der Waals surface area contributed by atoms with Crippen LogP contribution in [0.4, 0.5) is 5.69 Å². The summed E-state index contributed by atoms with van der Waals surface area (Å²) in [5.74, 6) is -0.313. The molecule has 0 unspecified atom stereocenters. The maximum absolute atomic E-state index is 12.3. The summed E-state index contributed by atoms with van der Waals surface area (Å²) in [5, 5.41) is 9.18. The summed E-state index contributed by atoms with van der Waals surface area (Å²) in [7, 11) is -1.44. The van der Waals surface area contributed by atoms with Crippen LogP contribution in [0.5, 0.6) is 0 Å². The van der Waals surface area contributed by atoms with E-state index >= 15 is 0 Å². The number of nitrogens with zero attached hydrogens (tertiary/aromatic N) is 3. The molecule has 9 heteroatoms. The van der Waals surface area contributed by atoms with Crippen molar-refractivity contribution in [1.82, 2.24) is 14.8 Å². The fraction of sp³-hybridized carbons (Fsp3) is 0.188. The van der Waals surface area contributed by atoms with Crippen molar-refractivity contribution in [2.24, 2.45) is 7.05 Å². The Morgan fingerprint density at radius 2 is 2.00 bits per heavy atom. The van der Waals surface area contributed by atoms with Gasteiger partial charge in [0, 0.05) is 29.9 Å². The van der Waals surface area contributed by atoms with Crippen molar-refractivity contribution in [2.45, 2.75) is 11.8 Å². The fourth-order valence-corrected chi connectivity index (χ4v) is 3.81. The minimum Gasteiger partial charge on any atom is -0.321 e. The van der Waals surface area contributed by atoms with Crippen LogP contribution in [0.15, 0.2) is 46.9 Å². The van der Waals surface area contributed by atoms with E-state index in [1.54, 1.807) is 35.3 Å². The van der Waals surface area contributed by atoms with Gasteiger partial charge in [0.2, 0.25) is 0 Å². The van der Waals surface area contributed by atoms with E-state index < -0.39 is 9.84 Å². The maximum Gasteiger partial charge on any atom is 0.275 e. The number of anilines is 1. The van der Waals surface area contributed by atoms with Crippen LogP contribution < -0.4 is 5.32 Å². The molecule has 7 nitrogen and oxygen atoms in total. The molecule has 2 aromatic heterocycles. The highest BCUT2D eigenvalue weighted by atomic mass is 32.2. The molecule has 0 aliphatic rings. The standard InChI is InChI=1S/C16H16N4O3S2/c1-3-25(22,23)13-6-4-12(5-7-13)18-15(21)14-10-24-16(19-14)11-8-17-20(2)9-11/h4-10H,3H2,1-2H3,(H,18,21). The van der Waals surface area contributed by atoms with Crippen LogP contribution in [0.25, 0.3) is 10.6 Å². The molecular formula is C16H16N4O3S2. The third-order valence-corrected chi connectivity index (χ3v) is 6.18. The number of carbonyl (C=O) groups excluding carboxylic acids is 1. The SMILES string of the molecule is CCS(=O)(=O)c1ccc(NC(=O)c2csc(-c3cnn(C)c3)n2)cc1. The molecule has 0 radical (unpaired) electrons. The van der Waals surface area contributed by atoms with Crippen molar-refractivity contribution in [1.29, 1.82) is 0 Å². The average molecular weight is 376 g/mol. The molecule has 0 saturated heterocycles. The quantitative estimate of drug-likeness (QED) is 0.739. The topological polar surface area (TPSA) is 94.0 Å². The van der Waals surface area contributed by atoms with E-state index in [4.69, 9.17) is 0 Å². The third kappa shape index (κ3) is 3.77. The van der Waals surface area contributed by atoms with Gasteiger partial charge in [0.05, 0.1) is 16.8 Å². The predicted octanol–water partition coefficient (Wildman–Crippen LogP) is 2.59. The molecule has 0 aliphatic heterocycles. The second kappa shape index (κ2) is 6.77. The Hall–Kier alpha value is -2.52. The number of thiazole rings is 1. The monoisotopic (exact) mass is 376 g/mol. The third-order valence-electron chi connectivity index (χ3n) is 3.54. The van der Waals surface area contributed by atoms with E-state index in [9.17, 15) is 13.2 Å². The number of rotatable bonds is 5. The number of aromatic nitrogens is 3. The van der Waals surface area contributed by atoms with Crippen molar-refractivity contribution in [3.8, 4) is 10.6 Å². The van der Waals surface area contributed by atoms with Gasteiger partial charge in [-0.2, -0.15) is 5.10 Å². The maximum atomic E-state index is 12.3. The van der Waals surface area contributed by atoms with Gasteiger partial charge in [-0.1, -0.05) is 6.92 Å². The lowest BCUT2D eigenvalue weighted by Crippen LogP contribution is -2.12. The molecule has 1 N–H and O–H groups in total. The first-order chi connectivity index (χ1) is 11.9. The first-order valence-corrected chi connectivity index (χ1v) is 10.0. The molecule has 130 valence electrons. The lowest BCUT2D eigenvalue weighted by atomic mass is 10.3. The normalized spacial score (nSPS) is 11.4. The summed E-state index contributed by atoms with van der Waals surface area (Å²) in [6.45, 7) is 1.59. The highest BCUT2D eigenvalue weighted by molar-refractivity contribution is 7.91. The number of carbonyl (C=O) groups is 1. The van der Waals surface area contributed by atoms with Crippen molar-refractivity contribution in [3.05, 3.63) is 47.7 Å². The van der Waals surface area contributed by atoms with Crippen LogP contribution in [0.2, 0.25) is 0 Å². The van der Waals surface area contributed by atoms with Crippen LogP contribution in [-0.4, -0.2) is 34.8 Å². The molecule has 1 aromatic carbocycles. The summed E-state index contributed by atoms with van der Waals surface area (Å²) in [5.41, 5.74) is 1.66. The molecule has 3 rings (SSSR count). The molecule has 0 bridgehead atoms.